The van der Waals surface area contributed by atoms with Gasteiger partial charge in [0.1, 0.15) is 12.4 Å². The average Bonchev–Trinajstić information content (AvgIpc) is 3.59. The Morgan fingerprint density at radius 3 is 2.68 bits per heavy atom. The lowest BCUT2D eigenvalue weighted by Crippen LogP contribution is -2.27. The first-order chi connectivity index (χ1) is 18.5. The second kappa shape index (κ2) is 10.3. The molecule has 192 valence electrons. The maximum atomic E-state index is 13.1. The molecule has 0 atom stereocenters. The molecule has 6 rings (SSSR count). The number of hydrogen-bond donors (Lipinski definition) is 0. The molecule has 0 radical (unpaired) electrons. The maximum Gasteiger partial charge on any atom is 0.293 e. The molecule has 0 N–H and O–H groups in total. The summed E-state index contributed by atoms with van der Waals surface area (Å²) in [6.45, 7) is 1.35. The van der Waals surface area contributed by atoms with Gasteiger partial charge in [-0.15, -0.1) is 0 Å². The summed E-state index contributed by atoms with van der Waals surface area (Å²) in [6, 6.07) is 18.5. The van der Waals surface area contributed by atoms with Gasteiger partial charge in [0.25, 0.3) is 11.1 Å². The number of benzene rings is 3. The number of halogens is 2. The van der Waals surface area contributed by atoms with Crippen molar-refractivity contribution in [1.82, 2.24) is 9.47 Å². The van der Waals surface area contributed by atoms with Crippen molar-refractivity contribution in [1.29, 1.82) is 0 Å². The number of thioether (sulfide) groups is 1. The number of carbonyl (C=O) groups is 2. The van der Waals surface area contributed by atoms with Gasteiger partial charge in [-0.1, -0.05) is 47.5 Å². The average molecular weight is 567 g/mol. The Hall–Kier alpha value is -3.59. The second-order valence-electron chi connectivity index (χ2n) is 8.67. The van der Waals surface area contributed by atoms with Crippen molar-refractivity contribution in [3.05, 3.63) is 92.9 Å². The summed E-state index contributed by atoms with van der Waals surface area (Å²) in [4.78, 5) is 27.4. The van der Waals surface area contributed by atoms with Gasteiger partial charge in [0.2, 0.25) is 6.79 Å². The van der Waals surface area contributed by atoms with E-state index in [-0.39, 0.29) is 24.5 Å². The number of ether oxygens (including phenoxy) is 3. The summed E-state index contributed by atoms with van der Waals surface area (Å²) in [7, 11) is 0. The van der Waals surface area contributed by atoms with Gasteiger partial charge in [-0.05, 0) is 53.7 Å². The number of imide groups is 1. The van der Waals surface area contributed by atoms with Crippen LogP contribution in [0.4, 0.5) is 4.79 Å². The molecule has 1 fully saturated rings. The van der Waals surface area contributed by atoms with Crippen molar-refractivity contribution < 1.29 is 23.8 Å². The van der Waals surface area contributed by atoms with Gasteiger partial charge >= 0.3 is 0 Å². The molecule has 38 heavy (non-hydrogen) atoms. The molecule has 0 aliphatic carbocycles. The molecule has 1 saturated heterocycles. The van der Waals surface area contributed by atoms with Crippen molar-refractivity contribution in [2.24, 2.45) is 0 Å². The van der Waals surface area contributed by atoms with E-state index in [1.165, 1.54) is 4.90 Å². The largest absolute Gasteiger partial charge is 0.492 e. The van der Waals surface area contributed by atoms with Crippen LogP contribution in [0.5, 0.6) is 17.2 Å². The number of carbonyl (C=O) groups excluding carboxylic acids is 2. The molecular formula is C28H20Cl2N2O5S. The lowest BCUT2D eigenvalue weighted by Gasteiger charge is -2.12. The summed E-state index contributed by atoms with van der Waals surface area (Å²) in [6.07, 6.45) is 3.75. The van der Waals surface area contributed by atoms with Gasteiger partial charge in [-0.3, -0.25) is 14.5 Å². The monoisotopic (exact) mass is 566 g/mol. The maximum absolute atomic E-state index is 13.1. The Kier molecular flexibility index (Phi) is 6.69. The molecule has 0 saturated carbocycles. The van der Waals surface area contributed by atoms with Gasteiger partial charge in [0, 0.05) is 28.7 Å². The Morgan fingerprint density at radius 2 is 1.82 bits per heavy atom. The number of fused-ring (bicyclic) bond motifs is 2. The fraction of sp³-hybridized carbons (Fsp3) is 0.143. The van der Waals surface area contributed by atoms with E-state index >= 15 is 0 Å². The quantitative estimate of drug-likeness (QED) is 0.224. The van der Waals surface area contributed by atoms with E-state index in [2.05, 4.69) is 4.57 Å². The number of nitrogens with zero attached hydrogens (tertiary/aromatic N) is 2. The zero-order chi connectivity index (χ0) is 26.2. The van der Waals surface area contributed by atoms with Gasteiger partial charge in [-0.2, -0.15) is 0 Å². The van der Waals surface area contributed by atoms with Crippen LogP contribution in [0.3, 0.4) is 0 Å². The molecule has 3 heterocycles. The Bertz CT molecular complexity index is 1620. The number of para-hydroxylation sites is 1. The van der Waals surface area contributed by atoms with E-state index in [0.29, 0.717) is 45.4 Å². The molecule has 10 heteroatoms. The van der Waals surface area contributed by atoms with E-state index in [4.69, 9.17) is 37.4 Å². The number of rotatable bonds is 7. The fourth-order valence-corrected chi connectivity index (χ4v) is 5.55. The van der Waals surface area contributed by atoms with Crippen LogP contribution in [-0.2, 0) is 17.9 Å². The molecule has 0 spiro atoms. The standard InChI is InChI=1S/C28H20Cl2N2O5S/c29-21-7-5-17(11-22(21)30)14-32-27(33)26(38-28(32)34)12-18-15-31(23-4-2-1-3-20(18)23)9-10-35-19-6-8-24-25(13-19)37-16-36-24/h1-8,11-13,15H,9-10,14,16H2/b26-12-. The van der Waals surface area contributed by atoms with Crippen LogP contribution in [-0.4, -0.2) is 34.0 Å². The SMILES string of the molecule is O=C1S/C(=C\c2cn(CCOc3ccc4c(c3)OCO4)c3ccccc23)C(=O)N1Cc1ccc(Cl)c(Cl)c1. The van der Waals surface area contributed by atoms with Crippen molar-refractivity contribution in [3.63, 3.8) is 0 Å². The summed E-state index contributed by atoms with van der Waals surface area (Å²) in [5.74, 6) is 1.74. The van der Waals surface area contributed by atoms with Gasteiger partial charge < -0.3 is 18.8 Å². The first-order valence-electron chi connectivity index (χ1n) is 11.8. The minimum absolute atomic E-state index is 0.123. The third kappa shape index (κ3) is 4.82. The van der Waals surface area contributed by atoms with E-state index in [0.717, 1.165) is 33.8 Å². The van der Waals surface area contributed by atoms with Crippen molar-refractivity contribution >= 4 is 63.1 Å². The third-order valence-electron chi connectivity index (χ3n) is 6.25. The molecule has 2 amide bonds. The predicted molar refractivity (Wildman–Crippen MR) is 148 cm³/mol. The fourth-order valence-electron chi connectivity index (χ4n) is 4.40. The van der Waals surface area contributed by atoms with Crippen LogP contribution in [0.25, 0.3) is 17.0 Å². The second-order valence-corrected chi connectivity index (χ2v) is 10.5. The number of aromatic nitrogens is 1. The van der Waals surface area contributed by atoms with Crippen LogP contribution < -0.4 is 14.2 Å². The zero-order valence-corrected chi connectivity index (χ0v) is 22.2. The highest BCUT2D eigenvalue weighted by Gasteiger charge is 2.35. The summed E-state index contributed by atoms with van der Waals surface area (Å²) < 4.78 is 18.8. The van der Waals surface area contributed by atoms with Crippen LogP contribution in [0, 0.1) is 0 Å². The Labute approximate surface area is 232 Å². The van der Waals surface area contributed by atoms with Gasteiger partial charge in [-0.25, -0.2) is 0 Å². The van der Waals surface area contributed by atoms with E-state index < -0.39 is 0 Å². The normalized spacial score (nSPS) is 15.7. The van der Waals surface area contributed by atoms with E-state index in [1.54, 1.807) is 24.3 Å². The Morgan fingerprint density at radius 1 is 0.974 bits per heavy atom. The molecule has 4 aromatic rings. The lowest BCUT2D eigenvalue weighted by atomic mass is 10.1. The smallest absolute Gasteiger partial charge is 0.293 e. The van der Waals surface area contributed by atoms with E-state index in [1.807, 2.05) is 48.7 Å². The zero-order valence-electron chi connectivity index (χ0n) is 19.9. The molecule has 0 unspecified atom stereocenters. The first kappa shape index (κ1) is 24.7. The number of hydrogen-bond acceptors (Lipinski definition) is 6. The number of amides is 2. The van der Waals surface area contributed by atoms with E-state index in [9.17, 15) is 9.59 Å². The Balaban J connectivity index is 1.20. The van der Waals surface area contributed by atoms with Crippen LogP contribution in [0.1, 0.15) is 11.1 Å². The summed E-state index contributed by atoms with van der Waals surface area (Å²) >= 11 is 13.0. The third-order valence-corrected chi connectivity index (χ3v) is 7.90. The van der Waals surface area contributed by atoms with Gasteiger partial charge in [0.05, 0.1) is 28.0 Å². The summed E-state index contributed by atoms with van der Waals surface area (Å²) in [5.41, 5.74) is 2.58. The predicted octanol–water partition coefficient (Wildman–Crippen LogP) is 6.99. The van der Waals surface area contributed by atoms with Crippen molar-refractivity contribution in [2.45, 2.75) is 13.1 Å². The van der Waals surface area contributed by atoms with Crippen molar-refractivity contribution in [2.75, 3.05) is 13.4 Å². The first-order valence-corrected chi connectivity index (χ1v) is 13.3. The van der Waals surface area contributed by atoms with Crippen LogP contribution in [0.15, 0.2) is 71.8 Å². The van der Waals surface area contributed by atoms with Gasteiger partial charge in [0.15, 0.2) is 11.5 Å². The molecular weight excluding hydrogens is 547 g/mol. The molecule has 2 aliphatic heterocycles. The molecule has 2 aliphatic rings. The topological polar surface area (TPSA) is 70.0 Å². The van der Waals surface area contributed by atoms with Crippen molar-refractivity contribution in [3.8, 4) is 17.2 Å². The molecule has 0 bridgehead atoms. The van der Waals surface area contributed by atoms with Crippen LogP contribution in [0.2, 0.25) is 10.0 Å². The summed E-state index contributed by atoms with van der Waals surface area (Å²) in [5, 5.41) is 1.45. The minimum atomic E-state index is -0.339. The minimum Gasteiger partial charge on any atom is -0.492 e. The molecule has 1 aromatic heterocycles. The molecule has 7 nitrogen and oxygen atoms in total. The van der Waals surface area contributed by atoms with Crippen LogP contribution >= 0.6 is 35.0 Å². The highest BCUT2D eigenvalue weighted by molar-refractivity contribution is 8.18. The molecule has 3 aromatic carbocycles. The highest BCUT2D eigenvalue weighted by Crippen LogP contribution is 2.37. The lowest BCUT2D eigenvalue weighted by molar-refractivity contribution is -0.123. The highest BCUT2D eigenvalue weighted by atomic mass is 35.5.